The maximum Gasteiger partial charge on any atom is 0.319 e. The van der Waals surface area contributed by atoms with Crippen molar-refractivity contribution in [2.75, 3.05) is 49.5 Å². The molecule has 0 aliphatic carbocycles. The average molecular weight is 393 g/mol. The van der Waals surface area contributed by atoms with E-state index < -0.39 is 5.82 Å². The average Bonchev–Trinajstić information content (AvgIpc) is 2.69. The van der Waals surface area contributed by atoms with Gasteiger partial charge in [0.25, 0.3) is 0 Å². The predicted molar refractivity (Wildman–Crippen MR) is 104 cm³/mol. The molecule has 0 atom stereocenters. The van der Waals surface area contributed by atoms with Gasteiger partial charge in [-0.2, -0.15) is 0 Å². The maximum absolute atomic E-state index is 13.4. The molecule has 0 unspecified atom stereocenters. The van der Waals surface area contributed by atoms with Gasteiger partial charge in [0.2, 0.25) is 5.95 Å². The fraction of sp³-hybridized carbons (Fsp3) is 0.389. The Kier molecular flexibility index (Phi) is 6.78. The van der Waals surface area contributed by atoms with E-state index in [4.69, 9.17) is 11.6 Å². The smallest absolute Gasteiger partial charge is 0.319 e. The minimum absolute atomic E-state index is 0.0277. The highest BCUT2D eigenvalue weighted by atomic mass is 35.5. The third kappa shape index (κ3) is 5.77. The molecular weight excluding hydrogens is 371 g/mol. The van der Waals surface area contributed by atoms with Crippen molar-refractivity contribution in [1.29, 1.82) is 0 Å². The Morgan fingerprint density at radius 3 is 2.63 bits per heavy atom. The number of rotatable bonds is 6. The van der Waals surface area contributed by atoms with Crippen molar-refractivity contribution in [1.82, 2.24) is 20.2 Å². The number of aromatic nitrogens is 2. The van der Waals surface area contributed by atoms with E-state index in [1.165, 1.54) is 12.1 Å². The van der Waals surface area contributed by atoms with Crippen molar-refractivity contribution in [3.05, 3.63) is 47.5 Å². The number of nitrogens with one attached hydrogen (secondary N) is 2. The van der Waals surface area contributed by atoms with Crippen molar-refractivity contribution in [3.63, 3.8) is 0 Å². The zero-order valence-electron chi connectivity index (χ0n) is 14.9. The molecule has 1 aliphatic heterocycles. The number of nitrogens with zero attached hydrogens (tertiary/aromatic N) is 4. The molecule has 3 rings (SSSR count). The Hall–Kier alpha value is -2.45. The zero-order chi connectivity index (χ0) is 19.1. The number of halogens is 2. The van der Waals surface area contributed by atoms with E-state index in [1.807, 2.05) is 6.07 Å². The summed E-state index contributed by atoms with van der Waals surface area (Å²) in [5.74, 6) is 0.212. The number of carbonyl (C=O) groups excluding carboxylic acids is 1. The first-order valence-corrected chi connectivity index (χ1v) is 9.24. The topological polar surface area (TPSA) is 73.4 Å². The second-order valence-corrected chi connectivity index (χ2v) is 6.65. The van der Waals surface area contributed by atoms with Crippen LogP contribution in [0.4, 0.5) is 20.8 Å². The van der Waals surface area contributed by atoms with Crippen LogP contribution in [0.2, 0.25) is 5.02 Å². The summed E-state index contributed by atoms with van der Waals surface area (Å²) in [7, 11) is 0. The number of hydrogen-bond acceptors (Lipinski definition) is 5. The Labute approximate surface area is 162 Å². The fourth-order valence-corrected chi connectivity index (χ4v) is 3.00. The van der Waals surface area contributed by atoms with Crippen LogP contribution in [0.25, 0.3) is 0 Å². The van der Waals surface area contributed by atoms with Gasteiger partial charge >= 0.3 is 6.03 Å². The van der Waals surface area contributed by atoms with Crippen LogP contribution in [0.3, 0.4) is 0 Å². The van der Waals surface area contributed by atoms with Crippen LogP contribution in [0.5, 0.6) is 0 Å². The molecule has 1 aromatic carbocycles. The molecule has 9 heteroatoms. The van der Waals surface area contributed by atoms with Crippen LogP contribution in [-0.4, -0.2) is 60.2 Å². The number of anilines is 2. The Morgan fingerprint density at radius 2 is 1.93 bits per heavy atom. The molecule has 2 heterocycles. The van der Waals surface area contributed by atoms with E-state index in [0.717, 1.165) is 45.1 Å². The molecule has 1 fully saturated rings. The predicted octanol–water partition coefficient (Wildman–Crippen LogP) is 2.60. The van der Waals surface area contributed by atoms with E-state index in [9.17, 15) is 9.18 Å². The summed E-state index contributed by atoms with van der Waals surface area (Å²) in [4.78, 5) is 24.9. The van der Waals surface area contributed by atoms with E-state index >= 15 is 0 Å². The summed E-state index contributed by atoms with van der Waals surface area (Å²) < 4.78 is 13.4. The third-order valence-electron chi connectivity index (χ3n) is 4.32. The molecule has 2 aromatic rings. The molecule has 2 amide bonds. The number of urea groups is 1. The van der Waals surface area contributed by atoms with Crippen LogP contribution in [0.1, 0.15) is 6.42 Å². The van der Waals surface area contributed by atoms with Crippen molar-refractivity contribution in [2.24, 2.45) is 0 Å². The number of carbonyl (C=O) groups is 1. The van der Waals surface area contributed by atoms with Crippen LogP contribution >= 0.6 is 11.6 Å². The zero-order valence-corrected chi connectivity index (χ0v) is 15.6. The van der Waals surface area contributed by atoms with Gasteiger partial charge in [0.05, 0.1) is 5.02 Å². The first-order chi connectivity index (χ1) is 13.1. The number of benzene rings is 1. The van der Waals surface area contributed by atoms with E-state index in [-0.39, 0.29) is 11.1 Å². The lowest BCUT2D eigenvalue weighted by Crippen LogP contribution is -2.47. The summed E-state index contributed by atoms with van der Waals surface area (Å²) in [6.45, 7) is 5.10. The second kappa shape index (κ2) is 9.48. The van der Waals surface area contributed by atoms with Crippen LogP contribution in [0.15, 0.2) is 36.7 Å². The summed E-state index contributed by atoms with van der Waals surface area (Å²) in [5.41, 5.74) is 0.369. The van der Waals surface area contributed by atoms with Gasteiger partial charge in [-0.25, -0.2) is 19.2 Å². The van der Waals surface area contributed by atoms with Crippen molar-refractivity contribution in [3.8, 4) is 0 Å². The fourth-order valence-electron chi connectivity index (χ4n) is 2.88. The first kappa shape index (κ1) is 19.3. The lowest BCUT2D eigenvalue weighted by molar-refractivity contribution is 0.244. The molecule has 1 aromatic heterocycles. The van der Waals surface area contributed by atoms with Gasteiger partial charge in [0, 0.05) is 50.8 Å². The number of hydrogen-bond donors (Lipinski definition) is 2. The highest BCUT2D eigenvalue weighted by molar-refractivity contribution is 6.30. The van der Waals surface area contributed by atoms with Crippen LogP contribution in [0, 0.1) is 5.82 Å². The molecular formula is C18H22ClFN6O. The van der Waals surface area contributed by atoms with Gasteiger partial charge in [-0.3, -0.25) is 4.90 Å². The molecule has 0 saturated carbocycles. The van der Waals surface area contributed by atoms with Gasteiger partial charge in [-0.05, 0) is 37.2 Å². The maximum atomic E-state index is 13.4. The molecule has 7 nitrogen and oxygen atoms in total. The molecule has 0 spiro atoms. The van der Waals surface area contributed by atoms with E-state index in [0.29, 0.717) is 12.2 Å². The molecule has 27 heavy (non-hydrogen) atoms. The first-order valence-electron chi connectivity index (χ1n) is 8.86. The largest absolute Gasteiger partial charge is 0.338 e. The summed E-state index contributed by atoms with van der Waals surface area (Å²) in [5, 5.41) is 5.39. The van der Waals surface area contributed by atoms with Gasteiger partial charge in [0.15, 0.2) is 0 Å². The highest BCUT2D eigenvalue weighted by Crippen LogP contribution is 2.18. The van der Waals surface area contributed by atoms with Crippen LogP contribution in [-0.2, 0) is 0 Å². The quantitative estimate of drug-likeness (QED) is 0.739. The Morgan fingerprint density at radius 1 is 1.19 bits per heavy atom. The van der Waals surface area contributed by atoms with Crippen molar-refractivity contribution in [2.45, 2.75) is 6.42 Å². The molecule has 144 valence electrons. The molecule has 1 aliphatic rings. The number of piperazine rings is 1. The standard InChI is InChI=1S/C18H22ClFN6O/c19-15-4-3-14(13-16(15)20)24-18(27)23-7-2-8-25-9-11-26(12-10-25)17-21-5-1-6-22-17/h1,3-6,13H,2,7-12H2,(H2,23,24,27). The van der Waals surface area contributed by atoms with Crippen molar-refractivity contribution >= 4 is 29.3 Å². The SMILES string of the molecule is O=C(NCCCN1CCN(c2ncccn2)CC1)Nc1ccc(Cl)c(F)c1. The minimum Gasteiger partial charge on any atom is -0.338 e. The summed E-state index contributed by atoms with van der Waals surface area (Å²) >= 11 is 5.62. The van der Waals surface area contributed by atoms with Gasteiger partial charge in [-0.15, -0.1) is 0 Å². The van der Waals surface area contributed by atoms with Crippen molar-refractivity contribution < 1.29 is 9.18 Å². The van der Waals surface area contributed by atoms with E-state index in [2.05, 4.69) is 30.4 Å². The normalized spacial score (nSPS) is 14.8. The van der Waals surface area contributed by atoms with Gasteiger partial charge in [-0.1, -0.05) is 11.6 Å². The highest BCUT2D eigenvalue weighted by Gasteiger charge is 2.18. The minimum atomic E-state index is -0.561. The third-order valence-corrected chi connectivity index (χ3v) is 4.63. The summed E-state index contributed by atoms with van der Waals surface area (Å²) in [6.07, 6.45) is 4.35. The number of amides is 2. The summed E-state index contributed by atoms with van der Waals surface area (Å²) in [6, 6.07) is 5.61. The van der Waals surface area contributed by atoms with Crippen LogP contribution < -0.4 is 15.5 Å². The second-order valence-electron chi connectivity index (χ2n) is 6.24. The van der Waals surface area contributed by atoms with E-state index in [1.54, 1.807) is 18.5 Å². The van der Waals surface area contributed by atoms with Gasteiger partial charge in [0.1, 0.15) is 5.82 Å². The Balaban J connectivity index is 1.31. The molecule has 2 N–H and O–H groups in total. The molecule has 1 saturated heterocycles. The van der Waals surface area contributed by atoms with Gasteiger partial charge < -0.3 is 15.5 Å². The monoisotopic (exact) mass is 392 g/mol. The molecule has 0 bridgehead atoms. The molecule has 0 radical (unpaired) electrons. The lowest BCUT2D eigenvalue weighted by atomic mass is 10.3. The lowest BCUT2D eigenvalue weighted by Gasteiger charge is -2.34. The Bertz CT molecular complexity index is 755.